The van der Waals surface area contributed by atoms with Gasteiger partial charge in [0.1, 0.15) is 0 Å². The Hall–Kier alpha value is -1.99. The van der Waals surface area contributed by atoms with E-state index in [1.165, 1.54) is 6.92 Å². The van der Waals surface area contributed by atoms with Crippen molar-refractivity contribution in [3.8, 4) is 11.6 Å². The molecule has 0 unspecified atom stereocenters. The lowest BCUT2D eigenvalue weighted by atomic mass is 10.1. The van der Waals surface area contributed by atoms with Crippen molar-refractivity contribution in [2.24, 2.45) is 0 Å². The third-order valence-corrected chi connectivity index (χ3v) is 2.29. The molecule has 0 aliphatic rings. The van der Waals surface area contributed by atoms with E-state index in [9.17, 15) is 18.0 Å². The standard InChI is InChI=1S/C12H14F3NO4/c1-4-19-10(17)6-8-7(2)5-9(11(16-8)18-3)20-12(13,14)15/h5H,4,6H2,1-3H3. The molecular weight excluding hydrogens is 279 g/mol. The fraction of sp³-hybridized carbons (Fsp3) is 0.500. The SMILES string of the molecule is CCOC(=O)Cc1nc(OC)c(OC(F)(F)F)cc1C. The van der Waals surface area contributed by atoms with Gasteiger partial charge in [0.05, 0.1) is 25.8 Å². The second-order valence-electron chi connectivity index (χ2n) is 3.79. The Balaban J connectivity index is 3.03. The topological polar surface area (TPSA) is 57.7 Å². The fourth-order valence-corrected chi connectivity index (χ4v) is 1.48. The lowest BCUT2D eigenvalue weighted by molar-refractivity contribution is -0.275. The Morgan fingerprint density at radius 1 is 1.40 bits per heavy atom. The lowest BCUT2D eigenvalue weighted by Gasteiger charge is -2.14. The maximum atomic E-state index is 12.2. The number of methoxy groups -OCH3 is 1. The first-order valence-electron chi connectivity index (χ1n) is 5.72. The zero-order valence-corrected chi connectivity index (χ0v) is 11.2. The van der Waals surface area contributed by atoms with Crippen LogP contribution in [0.15, 0.2) is 6.07 Å². The predicted molar refractivity (Wildman–Crippen MR) is 62.5 cm³/mol. The molecule has 1 aromatic heterocycles. The van der Waals surface area contributed by atoms with E-state index in [1.54, 1.807) is 6.92 Å². The molecule has 0 aliphatic heterocycles. The molecule has 0 fully saturated rings. The fourth-order valence-electron chi connectivity index (χ4n) is 1.48. The Labute approximate surface area is 113 Å². The summed E-state index contributed by atoms with van der Waals surface area (Å²) in [5.41, 5.74) is 0.646. The summed E-state index contributed by atoms with van der Waals surface area (Å²) in [4.78, 5) is 15.2. The molecule has 0 N–H and O–H groups in total. The quantitative estimate of drug-likeness (QED) is 0.780. The van der Waals surface area contributed by atoms with Crippen LogP contribution in [-0.4, -0.2) is 31.0 Å². The highest BCUT2D eigenvalue weighted by Crippen LogP contribution is 2.32. The van der Waals surface area contributed by atoms with Crippen molar-refractivity contribution >= 4 is 5.97 Å². The summed E-state index contributed by atoms with van der Waals surface area (Å²) in [6.07, 6.45) is -4.99. The number of halogens is 3. The van der Waals surface area contributed by atoms with Crippen LogP contribution in [0.1, 0.15) is 18.2 Å². The summed E-state index contributed by atoms with van der Waals surface area (Å²) in [7, 11) is 1.16. The largest absolute Gasteiger partial charge is 0.573 e. The van der Waals surface area contributed by atoms with Gasteiger partial charge in [-0.1, -0.05) is 0 Å². The van der Waals surface area contributed by atoms with Crippen LogP contribution in [0.25, 0.3) is 0 Å². The normalized spacial score (nSPS) is 11.1. The highest BCUT2D eigenvalue weighted by molar-refractivity contribution is 5.72. The number of aromatic nitrogens is 1. The first-order chi connectivity index (χ1) is 9.26. The minimum atomic E-state index is -4.84. The number of pyridine rings is 1. The van der Waals surface area contributed by atoms with Gasteiger partial charge >= 0.3 is 12.3 Å². The zero-order chi connectivity index (χ0) is 15.3. The van der Waals surface area contributed by atoms with E-state index in [0.29, 0.717) is 5.56 Å². The number of esters is 1. The molecule has 0 amide bonds. The Kier molecular flexibility index (Phi) is 5.18. The van der Waals surface area contributed by atoms with Crippen LogP contribution >= 0.6 is 0 Å². The molecular formula is C12H14F3NO4. The van der Waals surface area contributed by atoms with E-state index in [0.717, 1.165) is 13.2 Å². The van der Waals surface area contributed by atoms with Crippen LogP contribution in [-0.2, 0) is 16.0 Å². The summed E-state index contributed by atoms with van der Waals surface area (Å²) < 4.78 is 50.0. The van der Waals surface area contributed by atoms with Gasteiger partial charge in [0, 0.05) is 0 Å². The average Bonchev–Trinajstić information content (AvgIpc) is 2.31. The summed E-state index contributed by atoms with van der Waals surface area (Å²) in [5, 5.41) is 0. The summed E-state index contributed by atoms with van der Waals surface area (Å²) >= 11 is 0. The number of alkyl halides is 3. The minimum absolute atomic E-state index is 0.150. The van der Waals surface area contributed by atoms with Crippen molar-refractivity contribution in [2.75, 3.05) is 13.7 Å². The third-order valence-electron chi connectivity index (χ3n) is 2.29. The number of carbonyl (C=O) groups excluding carboxylic acids is 1. The number of hydrogen-bond acceptors (Lipinski definition) is 5. The van der Waals surface area contributed by atoms with Crippen molar-refractivity contribution < 1.29 is 32.2 Å². The van der Waals surface area contributed by atoms with E-state index < -0.39 is 18.1 Å². The van der Waals surface area contributed by atoms with Gasteiger partial charge in [0.15, 0.2) is 5.75 Å². The molecule has 0 radical (unpaired) electrons. The zero-order valence-electron chi connectivity index (χ0n) is 11.2. The molecule has 0 aliphatic carbocycles. The maximum absolute atomic E-state index is 12.2. The average molecular weight is 293 g/mol. The number of ether oxygens (including phenoxy) is 3. The molecule has 0 aromatic carbocycles. The van der Waals surface area contributed by atoms with E-state index in [4.69, 9.17) is 9.47 Å². The monoisotopic (exact) mass is 293 g/mol. The van der Waals surface area contributed by atoms with Gasteiger partial charge in [-0.25, -0.2) is 4.98 Å². The van der Waals surface area contributed by atoms with E-state index in [2.05, 4.69) is 9.72 Å². The number of rotatable bonds is 5. The molecule has 0 saturated heterocycles. The van der Waals surface area contributed by atoms with E-state index in [-0.39, 0.29) is 24.6 Å². The number of carbonyl (C=O) groups is 1. The second kappa shape index (κ2) is 6.44. The third kappa shape index (κ3) is 4.60. The van der Waals surface area contributed by atoms with Crippen molar-refractivity contribution in [1.82, 2.24) is 4.98 Å². The second-order valence-corrected chi connectivity index (χ2v) is 3.79. The number of nitrogens with zero attached hydrogens (tertiary/aromatic N) is 1. The molecule has 0 spiro atoms. The van der Waals surface area contributed by atoms with Gasteiger partial charge < -0.3 is 14.2 Å². The van der Waals surface area contributed by atoms with Crippen molar-refractivity contribution in [3.05, 3.63) is 17.3 Å². The molecule has 8 heteroatoms. The molecule has 1 rings (SSSR count). The molecule has 112 valence electrons. The maximum Gasteiger partial charge on any atom is 0.573 e. The smallest absolute Gasteiger partial charge is 0.478 e. The van der Waals surface area contributed by atoms with Crippen molar-refractivity contribution in [3.63, 3.8) is 0 Å². The summed E-state index contributed by atoms with van der Waals surface area (Å²) in [6, 6.07) is 1.12. The Morgan fingerprint density at radius 2 is 2.05 bits per heavy atom. The molecule has 5 nitrogen and oxygen atoms in total. The van der Waals surface area contributed by atoms with Crippen molar-refractivity contribution in [2.45, 2.75) is 26.6 Å². The molecule has 1 aromatic rings. The molecule has 0 bridgehead atoms. The number of hydrogen-bond donors (Lipinski definition) is 0. The molecule has 0 saturated carbocycles. The molecule has 20 heavy (non-hydrogen) atoms. The number of aryl methyl sites for hydroxylation is 1. The van der Waals surface area contributed by atoms with Gasteiger partial charge in [0.2, 0.25) is 0 Å². The minimum Gasteiger partial charge on any atom is -0.478 e. The summed E-state index contributed by atoms with van der Waals surface area (Å²) in [6.45, 7) is 3.38. The highest BCUT2D eigenvalue weighted by atomic mass is 19.4. The van der Waals surface area contributed by atoms with Crippen LogP contribution in [0, 0.1) is 6.92 Å². The first kappa shape index (κ1) is 16.1. The lowest BCUT2D eigenvalue weighted by Crippen LogP contribution is -2.18. The first-order valence-corrected chi connectivity index (χ1v) is 5.72. The molecule has 1 heterocycles. The molecule has 0 atom stereocenters. The van der Waals surface area contributed by atoms with Crippen LogP contribution in [0.5, 0.6) is 11.6 Å². The summed E-state index contributed by atoms with van der Waals surface area (Å²) in [5.74, 6) is -1.41. The highest BCUT2D eigenvalue weighted by Gasteiger charge is 2.33. The van der Waals surface area contributed by atoms with Gasteiger partial charge in [-0.15, -0.1) is 13.2 Å². The van der Waals surface area contributed by atoms with Crippen LogP contribution in [0.3, 0.4) is 0 Å². The van der Waals surface area contributed by atoms with Crippen molar-refractivity contribution in [1.29, 1.82) is 0 Å². The Morgan fingerprint density at radius 3 is 2.55 bits per heavy atom. The Bertz CT molecular complexity index is 488. The van der Waals surface area contributed by atoms with Gasteiger partial charge in [-0.2, -0.15) is 0 Å². The van der Waals surface area contributed by atoms with Gasteiger partial charge in [-0.05, 0) is 25.5 Å². The van der Waals surface area contributed by atoms with E-state index >= 15 is 0 Å². The van der Waals surface area contributed by atoms with Crippen LogP contribution in [0.2, 0.25) is 0 Å². The van der Waals surface area contributed by atoms with Crippen LogP contribution < -0.4 is 9.47 Å². The van der Waals surface area contributed by atoms with Gasteiger partial charge in [0.25, 0.3) is 5.88 Å². The van der Waals surface area contributed by atoms with E-state index in [1.807, 2.05) is 0 Å². The van der Waals surface area contributed by atoms with Gasteiger partial charge in [-0.3, -0.25) is 4.79 Å². The van der Waals surface area contributed by atoms with Crippen LogP contribution in [0.4, 0.5) is 13.2 Å². The predicted octanol–water partition coefficient (Wildman–Crippen LogP) is 2.40.